The Balaban J connectivity index is 3.46. The summed E-state index contributed by atoms with van der Waals surface area (Å²) in [6.45, 7) is 3.40. The van der Waals surface area contributed by atoms with Crippen molar-refractivity contribution < 1.29 is 5.11 Å². The molecule has 0 heterocycles. The average Bonchev–Trinajstić information content (AvgIpc) is 1.61. The molecule has 39 valence electrons. The van der Waals surface area contributed by atoms with E-state index in [9.17, 15) is 5.11 Å². The van der Waals surface area contributed by atoms with Crippen LogP contribution in [0.1, 0.15) is 13.8 Å². The number of allylic oxidation sites excluding steroid dienone is 4. The second-order valence-corrected chi connectivity index (χ2v) is 1.30. The van der Waals surface area contributed by atoms with Crippen LogP contribution in [0.2, 0.25) is 0 Å². The van der Waals surface area contributed by atoms with Crippen molar-refractivity contribution in [1.82, 2.24) is 0 Å². The number of hydrogen-bond acceptors (Lipinski definition) is 0. The molecule has 0 aromatic heterocycles. The molecule has 0 aliphatic heterocycles. The molecule has 0 rings (SSSR count). The van der Waals surface area contributed by atoms with Crippen molar-refractivity contribution in [3.63, 3.8) is 0 Å². The monoisotopic (exact) mass is 97.1 g/mol. The Morgan fingerprint density at radius 1 is 1.57 bits per heavy atom. The van der Waals surface area contributed by atoms with Crippen LogP contribution in [0, 0.1) is 0 Å². The van der Waals surface area contributed by atoms with E-state index in [0.717, 1.165) is 0 Å². The molecule has 0 amide bonds. The lowest BCUT2D eigenvalue weighted by Crippen LogP contribution is -1.60. The van der Waals surface area contributed by atoms with Crippen LogP contribution in [0.15, 0.2) is 24.0 Å². The normalized spacial score (nSPS) is 13.1. The quantitative estimate of drug-likeness (QED) is 0.352. The van der Waals surface area contributed by atoms with E-state index >= 15 is 0 Å². The van der Waals surface area contributed by atoms with Crippen molar-refractivity contribution in [3.05, 3.63) is 24.0 Å². The summed E-state index contributed by atoms with van der Waals surface area (Å²) in [4.78, 5) is 0. The van der Waals surface area contributed by atoms with E-state index in [-0.39, 0.29) is 5.76 Å². The lowest BCUT2D eigenvalue weighted by molar-refractivity contribution is 0.300. The zero-order chi connectivity index (χ0) is 5.70. The first kappa shape index (κ1) is 6.28. The highest BCUT2D eigenvalue weighted by Crippen LogP contribution is 1.84. The minimum atomic E-state index is 0.0955. The van der Waals surface area contributed by atoms with Gasteiger partial charge in [-0.1, -0.05) is 12.2 Å². The first-order chi connectivity index (χ1) is 3.27. The van der Waals surface area contributed by atoms with E-state index in [1.165, 1.54) is 13.0 Å². The molecule has 0 aliphatic carbocycles. The third-order valence-electron chi connectivity index (χ3n) is 0.523. The van der Waals surface area contributed by atoms with E-state index in [2.05, 4.69) is 0 Å². The smallest absolute Gasteiger partial charge is 0.152 e. The van der Waals surface area contributed by atoms with Gasteiger partial charge >= 0.3 is 0 Å². The molecule has 1 heteroatoms. The molecule has 0 unspecified atom stereocenters. The van der Waals surface area contributed by atoms with Crippen LogP contribution in [-0.2, 0) is 5.11 Å². The molecule has 0 bridgehead atoms. The van der Waals surface area contributed by atoms with Gasteiger partial charge in [-0.25, -0.2) is 0 Å². The zero-order valence-electron chi connectivity index (χ0n) is 4.64. The first-order valence-corrected chi connectivity index (χ1v) is 2.24. The van der Waals surface area contributed by atoms with Gasteiger partial charge in [0, 0.05) is 0 Å². The maximum atomic E-state index is 10.1. The first-order valence-electron chi connectivity index (χ1n) is 2.24. The summed E-state index contributed by atoms with van der Waals surface area (Å²) in [6.07, 6.45) is 5.07. The second kappa shape index (κ2) is 3.47. The van der Waals surface area contributed by atoms with Crippen LogP contribution in [0.4, 0.5) is 0 Å². The van der Waals surface area contributed by atoms with Gasteiger partial charge in [0.15, 0.2) is 5.76 Å². The van der Waals surface area contributed by atoms with Crippen LogP contribution in [-0.4, -0.2) is 0 Å². The standard InChI is InChI=1S/C6H9O/c1-3-4-5-6(2)7/h3-5H,1-2H3. The fourth-order valence-corrected chi connectivity index (χ4v) is 0.232. The summed E-state index contributed by atoms with van der Waals surface area (Å²) in [6, 6.07) is 0. The molecule has 0 aromatic carbocycles. The molecule has 0 aromatic rings. The summed E-state index contributed by atoms with van der Waals surface area (Å²) in [5.74, 6) is 0.0955. The molecular weight excluding hydrogens is 88.1 g/mol. The van der Waals surface area contributed by atoms with E-state index in [0.29, 0.717) is 0 Å². The van der Waals surface area contributed by atoms with Crippen LogP contribution in [0.5, 0.6) is 0 Å². The molecule has 0 atom stereocenters. The topological polar surface area (TPSA) is 19.9 Å². The molecule has 1 nitrogen and oxygen atoms in total. The minimum absolute atomic E-state index is 0.0955. The maximum absolute atomic E-state index is 10.1. The fourth-order valence-electron chi connectivity index (χ4n) is 0.232. The van der Waals surface area contributed by atoms with Gasteiger partial charge in [-0.05, 0) is 19.9 Å². The van der Waals surface area contributed by atoms with Gasteiger partial charge in [-0.2, -0.15) is 0 Å². The van der Waals surface area contributed by atoms with Gasteiger partial charge in [0.2, 0.25) is 0 Å². The van der Waals surface area contributed by atoms with E-state index < -0.39 is 0 Å². The summed E-state index contributed by atoms with van der Waals surface area (Å²) < 4.78 is 0. The minimum Gasteiger partial charge on any atom is -0.295 e. The Hall–Kier alpha value is -0.720. The van der Waals surface area contributed by atoms with E-state index in [1.54, 1.807) is 6.08 Å². The molecular formula is C6H9O. The molecule has 0 aliphatic rings. The van der Waals surface area contributed by atoms with Crippen LogP contribution >= 0.6 is 0 Å². The van der Waals surface area contributed by atoms with Crippen molar-refractivity contribution in [3.8, 4) is 0 Å². The van der Waals surface area contributed by atoms with Gasteiger partial charge in [0.1, 0.15) is 0 Å². The number of hydrogen-bond donors (Lipinski definition) is 0. The zero-order valence-corrected chi connectivity index (χ0v) is 4.64. The number of rotatable bonds is 1. The Labute approximate surface area is 44.0 Å². The fraction of sp³-hybridized carbons (Fsp3) is 0.333. The predicted octanol–water partition coefficient (Wildman–Crippen LogP) is 1.90. The van der Waals surface area contributed by atoms with Gasteiger partial charge in [0.25, 0.3) is 0 Å². The largest absolute Gasteiger partial charge is 0.295 e. The summed E-state index contributed by atoms with van der Waals surface area (Å²) in [7, 11) is 0. The van der Waals surface area contributed by atoms with Crippen molar-refractivity contribution in [2.45, 2.75) is 13.8 Å². The Morgan fingerprint density at radius 2 is 2.14 bits per heavy atom. The molecule has 0 spiro atoms. The third-order valence-corrected chi connectivity index (χ3v) is 0.523. The van der Waals surface area contributed by atoms with E-state index in [4.69, 9.17) is 0 Å². The average molecular weight is 97.1 g/mol. The molecule has 1 radical (unpaired) electrons. The van der Waals surface area contributed by atoms with Crippen molar-refractivity contribution >= 4 is 0 Å². The molecule has 0 fully saturated rings. The highest BCUT2D eigenvalue weighted by Gasteiger charge is 1.72. The molecule has 0 saturated carbocycles. The van der Waals surface area contributed by atoms with Crippen molar-refractivity contribution in [1.29, 1.82) is 0 Å². The highest BCUT2D eigenvalue weighted by molar-refractivity contribution is 5.03. The van der Waals surface area contributed by atoms with Gasteiger partial charge in [-0.15, -0.1) is 0 Å². The van der Waals surface area contributed by atoms with Crippen LogP contribution in [0.3, 0.4) is 0 Å². The lowest BCUT2D eigenvalue weighted by atomic mass is 10.4. The second-order valence-electron chi connectivity index (χ2n) is 1.30. The van der Waals surface area contributed by atoms with Gasteiger partial charge in [-0.3, -0.25) is 5.11 Å². The lowest BCUT2D eigenvalue weighted by Gasteiger charge is -1.72. The van der Waals surface area contributed by atoms with Crippen LogP contribution < -0.4 is 0 Å². The molecule has 0 saturated heterocycles. The predicted molar refractivity (Wildman–Crippen MR) is 29.3 cm³/mol. The van der Waals surface area contributed by atoms with Gasteiger partial charge < -0.3 is 0 Å². The van der Waals surface area contributed by atoms with Crippen molar-refractivity contribution in [2.24, 2.45) is 0 Å². The summed E-state index contributed by atoms with van der Waals surface area (Å²) in [5.41, 5.74) is 0. The van der Waals surface area contributed by atoms with Crippen molar-refractivity contribution in [2.75, 3.05) is 0 Å². The molecule has 7 heavy (non-hydrogen) atoms. The third kappa shape index (κ3) is 5.28. The Morgan fingerprint density at radius 3 is 2.29 bits per heavy atom. The summed E-state index contributed by atoms with van der Waals surface area (Å²) in [5, 5.41) is 10.1. The van der Waals surface area contributed by atoms with Gasteiger partial charge in [0.05, 0.1) is 0 Å². The summed E-state index contributed by atoms with van der Waals surface area (Å²) >= 11 is 0. The van der Waals surface area contributed by atoms with Crippen LogP contribution in [0.25, 0.3) is 0 Å². The highest BCUT2D eigenvalue weighted by atomic mass is 16.3. The SMILES string of the molecule is CC=CC=C(C)[O]. The Kier molecular flexibility index (Phi) is 3.11. The maximum Gasteiger partial charge on any atom is 0.152 e. The Bertz CT molecular complexity index is 86.4. The van der Waals surface area contributed by atoms with E-state index in [1.807, 2.05) is 13.0 Å². The molecule has 0 N–H and O–H groups in total.